The molecule has 1 fully saturated rings. The SMILES string of the molecule is NCC1(c2ncncc2Cl)CCCC1. The van der Waals surface area contributed by atoms with Gasteiger partial charge in [0, 0.05) is 18.2 Å². The minimum Gasteiger partial charge on any atom is -0.330 e. The van der Waals surface area contributed by atoms with Crippen molar-refractivity contribution in [3.63, 3.8) is 0 Å². The van der Waals surface area contributed by atoms with E-state index in [1.807, 2.05) is 0 Å². The number of halogens is 1. The van der Waals surface area contributed by atoms with Crippen LogP contribution in [0.1, 0.15) is 31.4 Å². The fraction of sp³-hybridized carbons (Fsp3) is 0.600. The minimum atomic E-state index is 0.0139. The van der Waals surface area contributed by atoms with Crippen molar-refractivity contribution in [3.8, 4) is 0 Å². The molecule has 4 heteroatoms. The van der Waals surface area contributed by atoms with Gasteiger partial charge in [-0.2, -0.15) is 0 Å². The van der Waals surface area contributed by atoms with E-state index in [1.54, 1.807) is 12.5 Å². The Bertz CT molecular complexity index is 321. The summed E-state index contributed by atoms with van der Waals surface area (Å²) in [6.07, 6.45) is 7.84. The molecule has 1 saturated carbocycles. The molecule has 0 aromatic carbocycles. The maximum absolute atomic E-state index is 6.09. The van der Waals surface area contributed by atoms with E-state index < -0.39 is 0 Å². The number of nitrogens with zero attached hydrogens (tertiary/aromatic N) is 2. The summed E-state index contributed by atoms with van der Waals surface area (Å²) < 4.78 is 0. The van der Waals surface area contributed by atoms with Crippen LogP contribution in [0.25, 0.3) is 0 Å². The summed E-state index contributed by atoms with van der Waals surface area (Å²) in [6, 6.07) is 0. The van der Waals surface area contributed by atoms with Crippen LogP contribution >= 0.6 is 11.6 Å². The number of hydrogen-bond donors (Lipinski definition) is 1. The van der Waals surface area contributed by atoms with Crippen LogP contribution in [0.3, 0.4) is 0 Å². The Morgan fingerprint density at radius 1 is 1.43 bits per heavy atom. The van der Waals surface area contributed by atoms with E-state index in [9.17, 15) is 0 Å². The lowest BCUT2D eigenvalue weighted by atomic mass is 9.82. The molecule has 0 aliphatic heterocycles. The summed E-state index contributed by atoms with van der Waals surface area (Å²) in [6.45, 7) is 0.629. The molecule has 1 aromatic rings. The zero-order chi connectivity index (χ0) is 10.0. The molecule has 2 N–H and O–H groups in total. The number of rotatable bonds is 2. The lowest BCUT2D eigenvalue weighted by molar-refractivity contribution is 0.439. The van der Waals surface area contributed by atoms with E-state index >= 15 is 0 Å². The van der Waals surface area contributed by atoms with Crippen molar-refractivity contribution in [2.24, 2.45) is 5.73 Å². The van der Waals surface area contributed by atoms with Crippen molar-refractivity contribution in [1.82, 2.24) is 9.97 Å². The molecule has 0 bridgehead atoms. The van der Waals surface area contributed by atoms with Crippen LogP contribution in [-0.4, -0.2) is 16.5 Å². The normalized spacial score (nSPS) is 19.9. The molecule has 1 heterocycles. The molecule has 0 saturated heterocycles. The number of nitrogens with two attached hydrogens (primary N) is 1. The molecular formula is C10H14ClN3. The molecule has 2 rings (SSSR count). The first-order valence-corrected chi connectivity index (χ1v) is 5.32. The monoisotopic (exact) mass is 211 g/mol. The first-order chi connectivity index (χ1) is 6.78. The third kappa shape index (κ3) is 1.51. The lowest BCUT2D eigenvalue weighted by Crippen LogP contribution is -2.33. The zero-order valence-corrected chi connectivity index (χ0v) is 8.80. The second-order valence-electron chi connectivity index (χ2n) is 3.91. The molecule has 0 radical (unpaired) electrons. The van der Waals surface area contributed by atoms with Crippen molar-refractivity contribution in [2.45, 2.75) is 31.1 Å². The van der Waals surface area contributed by atoms with E-state index in [0.717, 1.165) is 18.5 Å². The molecule has 0 unspecified atom stereocenters. The third-order valence-electron chi connectivity index (χ3n) is 3.12. The molecule has 14 heavy (non-hydrogen) atoms. The molecule has 1 aliphatic rings. The summed E-state index contributed by atoms with van der Waals surface area (Å²) in [5.41, 5.74) is 6.80. The molecule has 3 nitrogen and oxygen atoms in total. The zero-order valence-electron chi connectivity index (χ0n) is 8.04. The average Bonchev–Trinajstić information content (AvgIpc) is 2.68. The van der Waals surface area contributed by atoms with Crippen molar-refractivity contribution in [2.75, 3.05) is 6.54 Å². The summed E-state index contributed by atoms with van der Waals surface area (Å²) in [4.78, 5) is 8.18. The minimum absolute atomic E-state index is 0.0139. The Morgan fingerprint density at radius 3 is 2.71 bits per heavy atom. The van der Waals surface area contributed by atoms with Crippen LogP contribution < -0.4 is 5.73 Å². The van der Waals surface area contributed by atoms with Crippen molar-refractivity contribution in [1.29, 1.82) is 0 Å². The first kappa shape index (κ1) is 9.87. The molecule has 1 aromatic heterocycles. The van der Waals surface area contributed by atoms with E-state index in [-0.39, 0.29) is 5.41 Å². The number of hydrogen-bond acceptors (Lipinski definition) is 3. The molecule has 1 aliphatic carbocycles. The molecule has 0 atom stereocenters. The second-order valence-corrected chi connectivity index (χ2v) is 4.32. The van der Waals surface area contributed by atoms with Gasteiger partial charge in [-0.3, -0.25) is 0 Å². The second kappa shape index (κ2) is 3.83. The summed E-state index contributed by atoms with van der Waals surface area (Å²) in [5.74, 6) is 0. The van der Waals surface area contributed by atoms with Gasteiger partial charge in [0.25, 0.3) is 0 Å². The van der Waals surface area contributed by atoms with E-state index in [1.165, 1.54) is 12.8 Å². The van der Waals surface area contributed by atoms with Gasteiger partial charge in [-0.1, -0.05) is 24.4 Å². The third-order valence-corrected chi connectivity index (χ3v) is 3.40. The number of aromatic nitrogens is 2. The first-order valence-electron chi connectivity index (χ1n) is 4.94. The van der Waals surface area contributed by atoms with E-state index in [4.69, 9.17) is 17.3 Å². The van der Waals surface area contributed by atoms with Crippen molar-refractivity contribution >= 4 is 11.6 Å². The largest absolute Gasteiger partial charge is 0.330 e. The summed E-state index contributed by atoms with van der Waals surface area (Å²) in [7, 11) is 0. The molecule has 0 spiro atoms. The molecular weight excluding hydrogens is 198 g/mol. The fourth-order valence-corrected chi connectivity index (χ4v) is 2.60. The van der Waals surface area contributed by atoms with Crippen molar-refractivity contribution < 1.29 is 0 Å². The Labute approximate surface area is 88.7 Å². The van der Waals surface area contributed by atoms with Gasteiger partial charge in [0.2, 0.25) is 0 Å². The molecule has 0 amide bonds. The fourth-order valence-electron chi connectivity index (χ4n) is 2.29. The summed E-state index contributed by atoms with van der Waals surface area (Å²) in [5, 5.41) is 0.653. The Balaban J connectivity index is 2.41. The van der Waals surface area contributed by atoms with Crippen LogP contribution in [0.4, 0.5) is 0 Å². The van der Waals surface area contributed by atoms with Gasteiger partial charge in [0.15, 0.2) is 0 Å². The van der Waals surface area contributed by atoms with Crippen LogP contribution in [-0.2, 0) is 5.41 Å². The quantitative estimate of drug-likeness (QED) is 0.813. The predicted molar refractivity (Wildman–Crippen MR) is 56.2 cm³/mol. The highest BCUT2D eigenvalue weighted by Crippen LogP contribution is 2.41. The van der Waals surface area contributed by atoms with Gasteiger partial charge in [-0.25, -0.2) is 9.97 Å². The van der Waals surface area contributed by atoms with E-state index in [0.29, 0.717) is 11.6 Å². The smallest absolute Gasteiger partial charge is 0.115 e. The highest BCUT2D eigenvalue weighted by molar-refractivity contribution is 6.31. The summed E-state index contributed by atoms with van der Waals surface area (Å²) >= 11 is 6.09. The lowest BCUT2D eigenvalue weighted by Gasteiger charge is -2.26. The van der Waals surface area contributed by atoms with Gasteiger partial charge in [0.05, 0.1) is 10.7 Å². The highest BCUT2D eigenvalue weighted by Gasteiger charge is 2.37. The topological polar surface area (TPSA) is 51.8 Å². The standard InChI is InChI=1S/C10H14ClN3/c11-8-5-13-7-14-9(8)10(6-12)3-1-2-4-10/h5,7H,1-4,6,12H2. The van der Waals surface area contributed by atoms with Crippen LogP contribution in [0, 0.1) is 0 Å². The van der Waals surface area contributed by atoms with Gasteiger partial charge in [-0.15, -0.1) is 0 Å². The van der Waals surface area contributed by atoms with Gasteiger partial charge >= 0.3 is 0 Å². The molecule has 76 valence electrons. The highest BCUT2D eigenvalue weighted by atomic mass is 35.5. The van der Waals surface area contributed by atoms with E-state index in [2.05, 4.69) is 9.97 Å². The van der Waals surface area contributed by atoms with Crippen LogP contribution in [0.2, 0.25) is 5.02 Å². The van der Waals surface area contributed by atoms with Crippen LogP contribution in [0.15, 0.2) is 12.5 Å². The Hall–Kier alpha value is -0.670. The predicted octanol–water partition coefficient (Wildman–Crippen LogP) is 1.90. The van der Waals surface area contributed by atoms with Gasteiger partial charge in [-0.05, 0) is 12.8 Å². The Morgan fingerprint density at radius 2 is 2.14 bits per heavy atom. The maximum atomic E-state index is 6.09. The van der Waals surface area contributed by atoms with Crippen LogP contribution in [0.5, 0.6) is 0 Å². The van der Waals surface area contributed by atoms with Crippen molar-refractivity contribution in [3.05, 3.63) is 23.2 Å². The average molecular weight is 212 g/mol. The van der Waals surface area contributed by atoms with Gasteiger partial charge < -0.3 is 5.73 Å². The Kier molecular flexibility index (Phi) is 2.70. The maximum Gasteiger partial charge on any atom is 0.115 e. The van der Waals surface area contributed by atoms with Gasteiger partial charge in [0.1, 0.15) is 6.33 Å².